The SMILES string of the molecule is C#Cc1c(F)ccc2cccc(-c3ncc4c(N(C)[C@@H]5CCN(C(=O)/C=C/CN6CC[C@@H](OC)C6)C5)nc(OC[C@@]56CCCN5CC(F)C6)nc4c3F)c12. The zero-order chi connectivity index (χ0) is 37.6. The smallest absolute Gasteiger partial charge is 0.319 e. The van der Waals surface area contributed by atoms with Gasteiger partial charge in [0.2, 0.25) is 5.91 Å². The summed E-state index contributed by atoms with van der Waals surface area (Å²) in [6.45, 7) is 4.78. The third-order valence-corrected chi connectivity index (χ3v) is 11.8. The number of hydrogen-bond donors (Lipinski definition) is 0. The molecule has 6 heterocycles. The molecule has 0 bridgehead atoms. The molecule has 2 aromatic carbocycles. The van der Waals surface area contributed by atoms with Crippen molar-refractivity contribution in [3.63, 3.8) is 0 Å². The van der Waals surface area contributed by atoms with E-state index in [0.717, 1.165) is 38.9 Å². The number of pyridine rings is 1. The van der Waals surface area contributed by atoms with Gasteiger partial charge in [0.25, 0.3) is 0 Å². The number of amides is 1. The van der Waals surface area contributed by atoms with Crippen LogP contribution in [0.2, 0.25) is 0 Å². The Morgan fingerprint density at radius 1 is 1.13 bits per heavy atom. The Labute approximate surface area is 312 Å². The van der Waals surface area contributed by atoms with Gasteiger partial charge >= 0.3 is 6.01 Å². The molecular formula is C41H44F3N7O3. The van der Waals surface area contributed by atoms with Gasteiger partial charge in [-0.1, -0.05) is 36.3 Å². The number of rotatable bonds is 10. The first-order valence-corrected chi connectivity index (χ1v) is 18.7. The summed E-state index contributed by atoms with van der Waals surface area (Å²) >= 11 is 0. The van der Waals surface area contributed by atoms with E-state index < -0.39 is 23.3 Å². The van der Waals surface area contributed by atoms with Crippen molar-refractivity contribution >= 4 is 33.4 Å². The highest BCUT2D eigenvalue weighted by Gasteiger charge is 2.49. The van der Waals surface area contributed by atoms with Crippen molar-refractivity contribution in [2.75, 3.05) is 71.5 Å². The summed E-state index contributed by atoms with van der Waals surface area (Å²) in [4.78, 5) is 35.3. The minimum Gasteiger partial charge on any atom is -0.461 e. The number of halogens is 3. The molecule has 4 aliphatic heterocycles. The first kappa shape index (κ1) is 36.2. The van der Waals surface area contributed by atoms with Crippen LogP contribution in [0.1, 0.15) is 37.7 Å². The van der Waals surface area contributed by atoms with Crippen molar-refractivity contribution in [3.8, 4) is 29.6 Å². The number of aromatic nitrogens is 3. The molecule has 282 valence electrons. The van der Waals surface area contributed by atoms with Crippen LogP contribution in [0, 0.1) is 24.0 Å². The summed E-state index contributed by atoms with van der Waals surface area (Å²) in [5, 5.41) is 1.37. The van der Waals surface area contributed by atoms with Gasteiger partial charge in [0, 0.05) is 89.1 Å². The molecule has 4 atom stereocenters. The average Bonchev–Trinajstić information content (AvgIpc) is 3.98. The van der Waals surface area contributed by atoms with Crippen molar-refractivity contribution in [2.45, 2.75) is 56.0 Å². The number of ether oxygens (including phenoxy) is 2. The van der Waals surface area contributed by atoms with Gasteiger partial charge in [-0.05, 0) is 43.7 Å². The molecule has 0 saturated carbocycles. The second kappa shape index (κ2) is 14.8. The molecule has 8 rings (SSSR count). The number of methoxy groups -OCH3 is 1. The minimum atomic E-state index is -0.941. The predicted octanol–water partition coefficient (Wildman–Crippen LogP) is 5.37. The van der Waals surface area contributed by atoms with Gasteiger partial charge in [0.15, 0.2) is 5.82 Å². The maximum Gasteiger partial charge on any atom is 0.319 e. The molecule has 1 amide bonds. The van der Waals surface area contributed by atoms with Gasteiger partial charge in [-0.25, -0.2) is 13.2 Å². The van der Waals surface area contributed by atoms with Crippen LogP contribution >= 0.6 is 0 Å². The Bertz CT molecular complexity index is 2160. The first-order chi connectivity index (χ1) is 26.2. The Kier molecular flexibility index (Phi) is 9.93. The van der Waals surface area contributed by atoms with E-state index in [2.05, 4.69) is 25.7 Å². The van der Waals surface area contributed by atoms with Crippen molar-refractivity contribution in [2.24, 2.45) is 0 Å². The number of fused-ring (bicyclic) bond motifs is 3. The number of anilines is 1. The molecule has 4 aliphatic rings. The molecule has 10 nitrogen and oxygen atoms in total. The standard InChI is InChI=1S/C41H44F3N7O3/c1-4-30-33(43)12-11-26-8-5-9-31(35(26)30)37-36(44)38-32(21-45-37)39(47-40(46-38)54-25-41-15-7-17-51(41)22-27(42)20-41)48(2)28-13-19-50(23-28)34(52)10-6-16-49-18-14-29(24-49)53-3/h1,5-6,8-12,21,27-29H,7,13-20,22-25H2,2-3H3/b10-6+/t27?,28-,29-,41+/m1/s1. The van der Waals surface area contributed by atoms with E-state index in [1.165, 1.54) is 12.3 Å². The maximum absolute atomic E-state index is 17.0. The molecular weight excluding hydrogens is 695 g/mol. The molecule has 0 spiro atoms. The summed E-state index contributed by atoms with van der Waals surface area (Å²) < 4.78 is 58.2. The normalized spacial score (nSPS) is 24.6. The fraction of sp³-hybridized carbons (Fsp3) is 0.463. The van der Waals surface area contributed by atoms with Crippen LogP contribution < -0.4 is 9.64 Å². The third-order valence-electron chi connectivity index (χ3n) is 11.8. The van der Waals surface area contributed by atoms with Crippen LogP contribution in [-0.2, 0) is 9.53 Å². The van der Waals surface area contributed by atoms with E-state index in [9.17, 15) is 13.6 Å². The number of carbonyl (C=O) groups excluding carboxylic acids is 1. The van der Waals surface area contributed by atoms with Gasteiger partial charge in [0.05, 0.1) is 22.6 Å². The van der Waals surface area contributed by atoms with E-state index in [4.69, 9.17) is 20.9 Å². The first-order valence-electron chi connectivity index (χ1n) is 18.7. The number of benzene rings is 2. The molecule has 0 N–H and O–H groups in total. The molecule has 13 heteroatoms. The predicted molar refractivity (Wildman–Crippen MR) is 201 cm³/mol. The van der Waals surface area contributed by atoms with Crippen LogP contribution in [0.3, 0.4) is 0 Å². The van der Waals surface area contributed by atoms with Crippen LogP contribution in [0.5, 0.6) is 6.01 Å². The lowest BCUT2D eigenvalue weighted by atomic mass is 9.95. The lowest BCUT2D eigenvalue weighted by Gasteiger charge is -2.31. The zero-order valence-electron chi connectivity index (χ0n) is 30.6. The number of carbonyl (C=O) groups is 1. The number of hydrogen-bond acceptors (Lipinski definition) is 9. The summed E-state index contributed by atoms with van der Waals surface area (Å²) in [6, 6.07) is 7.91. The fourth-order valence-corrected chi connectivity index (χ4v) is 8.88. The van der Waals surface area contributed by atoms with Gasteiger partial charge in [-0.2, -0.15) is 9.97 Å². The summed E-state index contributed by atoms with van der Waals surface area (Å²) in [7, 11) is 3.59. The fourth-order valence-electron chi connectivity index (χ4n) is 8.88. The molecule has 4 aromatic rings. The van der Waals surface area contributed by atoms with Crippen LogP contribution in [0.15, 0.2) is 48.7 Å². The van der Waals surface area contributed by atoms with Crippen molar-refractivity contribution in [1.82, 2.24) is 29.7 Å². The molecule has 0 aliphatic carbocycles. The van der Waals surface area contributed by atoms with Crippen molar-refractivity contribution in [3.05, 3.63) is 65.9 Å². The Morgan fingerprint density at radius 2 is 2.00 bits per heavy atom. The molecule has 4 fully saturated rings. The van der Waals surface area contributed by atoms with E-state index in [-0.39, 0.29) is 47.4 Å². The van der Waals surface area contributed by atoms with E-state index in [1.807, 2.05) is 18.0 Å². The molecule has 4 saturated heterocycles. The molecule has 0 radical (unpaired) electrons. The lowest BCUT2D eigenvalue weighted by Crippen LogP contribution is -2.43. The largest absolute Gasteiger partial charge is 0.461 e. The van der Waals surface area contributed by atoms with Crippen LogP contribution in [0.4, 0.5) is 19.0 Å². The Hall–Kier alpha value is -4.77. The molecule has 1 unspecified atom stereocenters. The third kappa shape index (κ3) is 6.65. The highest BCUT2D eigenvalue weighted by atomic mass is 19.1. The van der Waals surface area contributed by atoms with E-state index in [0.29, 0.717) is 66.6 Å². The van der Waals surface area contributed by atoms with Crippen LogP contribution in [0.25, 0.3) is 32.9 Å². The topological polar surface area (TPSA) is 87.2 Å². The highest BCUT2D eigenvalue weighted by molar-refractivity contribution is 6.02. The lowest BCUT2D eigenvalue weighted by molar-refractivity contribution is -0.125. The Morgan fingerprint density at radius 3 is 2.81 bits per heavy atom. The highest BCUT2D eigenvalue weighted by Crippen LogP contribution is 2.41. The van der Waals surface area contributed by atoms with Gasteiger partial charge in [-0.15, -0.1) is 6.42 Å². The number of likely N-dealkylation sites (tertiary alicyclic amines) is 2. The molecule has 2 aromatic heterocycles. The van der Waals surface area contributed by atoms with Gasteiger partial charge < -0.3 is 19.3 Å². The number of alkyl halides is 1. The van der Waals surface area contributed by atoms with E-state index in [1.54, 1.807) is 42.4 Å². The number of likely N-dealkylation sites (N-methyl/N-ethyl adjacent to an activating group) is 1. The van der Waals surface area contributed by atoms with Crippen molar-refractivity contribution < 1.29 is 27.4 Å². The number of nitrogens with zero attached hydrogens (tertiary/aromatic N) is 7. The zero-order valence-corrected chi connectivity index (χ0v) is 30.6. The second-order valence-corrected chi connectivity index (χ2v) is 15.0. The summed E-state index contributed by atoms with van der Waals surface area (Å²) in [6.07, 6.45) is 13.8. The van der Waals surface area contributed by atoms with Crippen LogP contribution in [-0.4, -0.2) is 126 Å². The van der Waals surface area contributed by atoms with E-state index >= 15 is 4.39 Å². The maximum atomic E-state index is 17.0. The quantitative estimate of drug-likeness (QED) is 0.157. The second-order valence-electron chi connectivity index (χ2n) is 15.0. The monoisotopic (exact) mass is 739 g/mol. The Balaban J connectivity index is 1.11. The van der Waals surface area contributed by atoms with Gasteiger partial charge in [0.1, 0.15) is 35.6 Å². The number of terminal acetylenes is 1. The summed E-state index contributed by atoms with van der Waals surface area (Å²) in [5.41, 5.74) is -0.182. The van der Waals surface area contributed by atoms with Crippen molar-refractivity contribution in [1.29, 1.82) is 0 Å². The summed E-state index contributed by atoms with van der Waals surface area (Å²) in [5.74, 6) is 1.43. The minimum absolute atomic E-state index is 0.0191. The average molecular weight is 740 g/mol. The molecule has 54 heavy (non-hydrogen) atoms. The van der Waals surface area contributed by atoms with Gasteiger partial charge in [-0.3, -0.25) is 19.6 Å².